The summed E-state index contributed by atoms with van der Waals surface area (Å²) in [5, 5.41) is 9.96. The summed E-state index contributed by atoms with van der Waals surface area (Å²) >= 11 is 0. The van der Waals surface area contributed by atoms with Crippen molar-refractivity contribution in [2.45, 2.75) is 33.7 Å². The summed E-state index contributed by atoms with van der Waals surface area (Å²) in [5.41, 5.74) is 5.25. The molecule has 0 fully saturated rings. The first-order valence-corrected chi connectivity index (χ1v) is 7.37. The number of imidazole rings is 1. The third kappa shape index (κ3) is 2.29. The van der Waals surface area contributed by atoms with Gasteiger partial charge in [0.2, 0.25) is 0 Å². The van der Waals surface area contributed by atoms with Crippen molar-refractivity contribution >= 4 is 11.0 Å². The van der Waals surface area contributed by atoms with Crippen molar-refractivity contribution in [3.05, 3.63) is 47.5 Å². The lowest BCUT2D eigenvalue weighted by molar-refractivity contribution is 0.471. The molecule has 2 aromatic carbocycles. The largest absolute Gasteiger partial charge is 0.508 e. The van der Waals surface area contributed by atoms with Crippen LogP contribution in [0, 0.1) is 13.8 Å². The summed E-state index contributed by atoms with van der Waals surface area (Å²) in [6.45, 7) is 7.10. The van der Waals surface area contributed by atoms with E-state index in [-0.39, 0.29) is 0 Å². The van der Waals surface area contributed by atoms with E-state index in [9.17, 15) is 5.11 Å². The van der Waals surface area contributed by atoms with Gasteiger partial charge in [-0.3, -0.25) is 0 Å². The topological polar surface area (TPSA) is 38.0 Å². The number of nitrogens with zero attached hydrogens (tertiary/aromatic N) is 2. The smallest absolute Gasteiger partial charge is 0.141 e. The maximum absolute atomic E-state index is 9.96. The average molecular weight is 280 g/mol. The van der Waals surface area contributed by atoms with Crippen molar-refractivity contribution in [2.24, 2.45) is 0 Å². The molecule has 1 N–H and O–H groups in total. The van der Waals surface area contributed by atoms with Crippen LogP contribution in [0.4, 0.5) is 0 Å². The fourth-order valence-electron chi connectivity index (χ4n) is 2.76. The van der Waals surface area contributed by atoms with Crippen molar-refractivity contribution in [2.75, 3.05) is 0 Å². The average Bonchev–Trinajstić information content (AvgIpc) is 2.80. The zero-order valence-corrected chi connectivity index (χ0v) is 12.7. The molecule has 108 valence electrons. The van der Waals surface area contributed by atoms with E-state index in [1.54, 1.807) is 6.07 Å². The van der Waals surface area contributed by atoms with Crippen LogP contribution < -0.4 is 0 Å². The van der Waals surface area contributed by atoms with Crippen LogP contribution in [0.15, 0.2) is 36.4 Å². The van der Waals surface area contributed by atoms with E-state index in [0.717, 1.165) is 41.0 Å². The number of aryl methyl sites for hydroxylation is 2. The standard InChI is InChI=1S/C18H20N2O/c1-4-10-20-16-9-8-12(2)11-15(16)19-18(20)14-6-5-7-17(21)13(14)3/h5-9,11,21H,4,10H2,1-3H3. The fraction of sp³-hybridized carbons (Fsp3) is 0.278. The van der Waals surface area contributed by atoms with E-state index in [2.05, 4.69) is 36.6 Å². The molecule has 21 heavy (non-hydrogen) atoms. The second-order valence-electron chi connectivity index (χ2n) is 5.53. The van der Waals surface area contributed by atoms with Gasteiger partial charge in [0.15, 0.2) is 0 Å². The molecule has 0 unspecified atom stereocenters. The Balaban J connectivity index is 2.30. The van der Waals surface area contributed by atoms with Crippen LogP contribution >= 0.6 is 0 Å². The Kier molecular flexibility index (Phi) is 3.42. The zero-order chi connectivity index (χ0) is 15.0. The first-order valence-electron chi connectivity index (χ1n) is 7.37. The van der Waals surface area contributed by atoms with Gasteiger partial charge >= 0.3 is 0 Å². The molecule has 0 radical (unpaired) electrons. The number of aromatic nitrogens is 2. The summed E-state index contributed by atoms with van der Waals surface area (Å²) in [4.78, 5) is 4.82. The minimum Gasteiger partial charge on any atom is -0.508 e. The number of hydrogen-bond acceptors (Lipinski definition) is 2. The molecule has 0 aliphatic rings. The second kappa shape index (κ2) is 5.24. The molecule has 3 aromatic rings. The number of rotatable bonds is 3. The Hall–Kier alpha value is -2.29. The summed E-state index contributed by atoms with van der Waals surface area (Å²) in [5.74, 6) is 1.25. The first-order chi connectivity index (χ1) is 10.1. The molecule has 0 atom stereocenters. The van der Waals surface area contributed by atoms with Gasteiger partial charge in [0.05, 0.1) is 11.0 Å². The van der Waals surface area contributed by atoms with Gasteiger partial charge in [-0.05, 0) is 44.0 Å². The van der Waals surface area contributed by atoms with Gasteiger partial charge in [-0.1, -0.05) is 25.1 Å². The number of phenolic OH excluding ortho intramolecular Hbond substituents is 1. The molecule has 1 heterocycles. The Morgan fingerprint density at radius 3 is 2.71 bits per heavy atom. The van der Waals surface area contributed by atoms with Crippen LogP contribution in [0.2, 0.25) is 0 Å². The minimum atomic E-state index is 0.318. The molecule has 3 rings (SSSR count). The monoisotopic (exact) mass is 280 g/mol. The van der Waals surface area contributed by atoms with Gasteiger partial charge in [-0.25, -0.2) is 4.98 Å². The van der Waals surface area contributed by atoms with E-state index in [1.807, 2.05) is 19.1 Å². The molecule has 0 aliphatic heterocycles. The molecule has 0 amide bonds. The third-order valence-electron chi connectivity index (χ3n) is 3.90. The lowest BCUT2D eigenvalue weighted by Gasteiger charge is -2.10. The third-order valence-corrected chi connectivity index (χ3v) is 3.90. The van der Waals surface area contributed by atoms with Crippen LogP contribution in [0.5, 0.6) is 5.75 Å². The molecular weight excluding hydrogens is 260 g/mol. The highest BCUT2D eigenvalue weighted by Gasteiger charge is 2.15. The predicted octanol–water partition coefficient (Wildman–Crippen LogP) is 4.44. The molecule has 3 nitrogen and oxygen atoms in total. The van der Waals surface area contributed by atoms with Crippen molar-refractivity contribution in [3.63, 3.8) is 0 Å². The van der Waals surface area contributed by atoms with E-state index in [1.165, 1.54) is 5.56 Å². The van der Waals surface area contributed by atoms with Gasteiger partial charge in [0.1, 0.15) is 11.6 Å². The maximum atomic E-state index is 9.96. The van der Waals surface area contributed by atoms with Crippen LogP contribution in [0.3, 0.4) is 0 Å². The van der Waals surface area contributed by atoms with Crippen LogP contribution in [-0.2, 0) is 6.54 Å². The second-order valence-corrected chi connectivity index (χ2v) is 5.53. The molecule has 0 saturated carbocycles. The lowest BCUT2D eigenvalue weighted by atomic mass is 10.1. The Bertz CT molecular complexity index is 802. The molecule has 0 bridgehead atoms. The highest BCUT2D eigenvalue weighted by Crippen LogP contribution is 2.31. The quantitative estimate of drug-likeness (QED) is 0.770. The summed E-state index contributed by atoms with van der Waals surface area (Å²) < 4.78 is 2.25. The van der Waals surface area contributed by atoms with Gasteiger partial charge in [0.25, 0.3) is 0 Å². The molecule has 0 aliphatic carbocycles. The van der Waals surface area contributed by atoms with Crippen molar-refractivity contribution < 1.29 is 5.11 Å². The lowest BCUT2D eigenvalue weighted by Crippen LogP contribution is -2.00. The maximum Gasteiger partial charge on any atom is 0.141 e. The number of aromatic hydroxyl groups is 1. The number of fused-ring (bicyclic) bond motifs is 1. The van der Waals surface area contributed by atoms with Crippen molar-refractivity contribution in [1.29, 1.82) is 0 Å². The SMILES string of the molecule is CCCn1c(-c2cccc(O)c2C)nc2cc(C)ccc21. The Labute approximate surface area is 124 Å². The highest BCUT2D eigenvalue weighted by atomic mass is 16.3. The van der Waals surface area contributed by atoms with E-state index >= 15 is 0 Å². The van der Waals surface area contributed by atoms with Crippen molar-refractivity contribution in [3.8, 4) is 17.1 Å². The van der Waals surface area contributed by atoms with Crippen LogP contribution in [0.1, 0.15) is 24.5 Å². The van der Waals surface area contributed by atoms with Gasteiger partial charge in [-0.15, -0.1) is 0 Å². The van der Waals surface area contributed by atoms with Gasteiger partial charge in [0, 0.05) is 17.7 Å². The zero-order valence-electron chi connectivity index (χ0n) is 12.7. The summed E-state index contributed by atoms with van der Waals surface area (Å²) in [6.07, 6.45) is 1.05. The van der Waals surface area contributed by atoms with Gasteiger partial charge in [-0.2, -0.15) is 0 Å². The Morgan fingerprint density at radius 1 is 1.14 bits per heavy atom. The summed E-state index contributed by atoms with van der Waals surface area (Å²) in [7, 11) is 0. The van der Waals surface area contributed by atoms with Gasteiger partial charge < -0.3 is 9.67 Å². The Morgan fingerprint density at radius 2 is 1.95 bits per heavy atom. The number of phenols is 1. The van der Waals surface area contributed by atoms with Crippen LogP contribution in [-0.4, -0.2) is 14.7 Å². The molecular formula is C18H20N2O. The molecule has 3 heteroatoms. The number of hydrogen-bond donors (Lipinski definition) is 1. The van der Waals surface area contributed by atoms with Crippen molar-refractivity contribution in [1.82, 2.24) is 9.55 Å². The first kappa shape index (κ1) is 13.7. The number of benzene rings is 2. The van der Waals surface area contributed by atoms with E-state index in [4.69, 9.17) is 4.98 Å². The minimum absolute atomic E-state index is 0.318. The predicted molar refractivity (Wildman–Crippen MR) is 86.6 cm³/mol. The highest BCUT2D eigenvalue weighted by molar-refractivity contribution is 5.82. The molecule has 0 spiro atoms. The fourth-order valence-corrected chi connectivity index (χ4v) is 2.76. The van der Waals surface area contributed by atoms with E-state index in [0.29, 0.717) is 5.75 Å². The molecule has 0 saturated heterocycles. The molecule has 1 aromatic heterocycles. The summed E-state index contributed by atoms with van der Waals surface area (Å²) in [6, 6.07) is 12.0. The normalized spacial score (nSPS) is 11.2. The van der Waals surface area contributed by atoms with E-state index < -0.39 is 0 Å². The van der Waals surface area contributed by atoms with Crippen LogP contribution in [0.25, 0.3) is 22.4 Å².